The summed E-state index contributed by atoms with van der Waals surface area (Å²) in [4.78, 5) is 11.3. The number of benzene rings is 1. The first-order valence-corrected chi connectivity index (χ1v) is 5.04. The molecule has 0 saturated heterocycles. The summed E-state index contributed by atoms with van der Waals surface area (Å²) in [5, 5.41) is 2.83. The highest BCUT2D eigenvalue weighted by Crippen LogP contribution is 2.38. The molecule has 1 heterocycles. The number of rotatable bonds is 1. The van der Waals surface area contributed by atoms with E-state index in [2.05, 4.69) is 5.32 Å². The standard InChI is InChI=1S/C9H9NOS/c1-12-8-6-4-2-3-5-7(6)10-9(8)11/h2-5,8H,1H3,(H,10,11)/t8-/m1/s1. The predicted octanol–water partition coefficient (Wildman–Crippen LogP) is 2.04. The fourth-order valence-electron chi connectivity index (χ4n) is 1.41. The van der Waals surface area contributed by atoms with Gasteiger partial charge in [-0.25, -0.2) is 0 Å². The number of thioether (sulfide) groups is 1. The molecule has 0 unspecified atom stereocenters. The topological polar surface area (TPSA) is 29.1 Å². The van der Waals surface area contributed by atoms with Gasteiger partial charge in [0.2, 0.25) is 5.91 Å². The number of fused-ring (bicyclic) bond motifs is 1. The number of hydrogen-bond donors (Lipinski definition) is 1. The molecule has 1 aromatic carbocycles. The van der Waals surface area contributed by atoms with Gasteiger partial charge in [-0.15, -0.1) is 11.8 Å². The number of para-hydroxylation sites is 1. The van der Waals surface area contributed by atoms with Crippen LogP contribution in [0.2, 0.25) is 0 Å². The molecule has 2 rings (SSSR count). The van der Waals surface area contributed by atoms with Crippen LogP contribution in [0.5, 0.6) is 0 Å². The SMILES string of the molecule is CS[C@H]1C(=O)Nc2ccccc21. The first-order chi connectivity index (χ1) is 5.83. The minimum Gasteiger partial charge on any atom is -0.325 e. The average molecular weight is 179 g/mol. The second-order valence-corrected chi connectivity index (χ2v) is 3.64. The van der Waals surface area contributed by atoms with Crippen molar-refractivity contribution in [2.24, 2.45) is 0 Å². The van der Waals surface area contributed by atoms with Gasteiger partial charge in [-0.3, -0.25) is 4.79 Å². The molecule has 0 aromatic heterocycles. The van der Waals surface area contributed by atoms with Crippen molar-refractivity contribution in [3.8, 4) is 0 Å². The van der Waals surface area contributed by atoms with Gasteiger partial charge in [-0.1, -0.05) is 18.2 Å². The van der Waals surface area contributed by atoms with Gasteiger partial charge in [0, 0.05) is 5.69 Å². The van der Waals surface area contributed by atoms with Crippen LogP contribution < -0.4 is 5.32 Å². The van der Waals surface area contributed by atoms with Gasteiger partial charge in [0.05, 0.1) is 0 Å². The summed E-state index contributed by atoms with van der Waals surface area (Å²) in [6, 6.07) is 7.82. The Kier molecular flexibility index (Phi) is 1.81. The molecule has 0 fully saturated rings. The van der Waals surface area contributed by atoms with Crippen LogP contribution in [0.4, 0.5) is 5.69 Å². The Labute approximate surface area is 75.4 Å². The largest absolute Gasteiger partial charge is 0.325 e. The van der Waals surface area contributed by atoms with Gasteiger partial charge in [-0.2, -0.15) is 0 Å². The molecule has 1 aliphatic rings. The molecule has 12 heavy (non-hydrogen) atoms. The van der Waals surface area contributed by atoms with Crippen molar-refractivity contribution < 1.29 is 4.79 Å². The van der Waals surface area contributed by atoms with E-state index in [1.165, 1.54) is 0 Å². The van der Waals surface area contributed by atoms with Gasteiger partial charge in [0.25, 0.3) is 0 Å². The molecule has 0 saturated carbocycles. The monoisotopic (exact) mass is 179 g/mol. The minimum atomic E-state index is -0.0128. The molecule has 0 aliphatic carbocycles. The van der Waals surface area contributed by atoms with Gasteiger partial charge in [0.15, 0.2) is 0 Å². The lowest BCUT2D eigenvalue weighted by molar-refractivity contribution is -0.115. The van der Waals surface area contributed by atoms with Gasteiger partial charge < -0.3 is 5.32 Å². The average Bonchev–Trinajstić information content (AvgIpc) is 2.40. The molecule has 1 atom stereocenters. The quantitative estimate of drug-likeness (QED) is 0.714. The molecule has 3 heteroatoms. The zero-order valence-electron chi connectivity index (χ0n) is 6.70. The molecule has 0 radical (unpaired) electrons. The zero-order chi connectivity index (χ0) is 8.55. The third-order valence-corrected chi connectivity index (χ3v) is 2.91. The van der Waals surface area contributed by atoms with E-state index in [1.807, 2.05) is 30.5 Å². The summed E-state index contributed by atoms with van der Waals surface area (Å²) in [6.45, 7) is 0. The molecule has 1 amide bonds. The van der Waals surface area contributed by atoms with Crippen LogP contribution in [0.25, 0.3) is 0 Å². The van der Waals surface area contributed by atoms with Crippen molar-refractivity contribution in [2.45, 2.75) is 5.25 Å². The Morgan fingerprint density at radius 3 is 2.92 bits per heavy atom. The maximum atomic E-state index is 11.3. The van der Waals surface area contributed by atoms with Crippen molar-refractivity contribution in [3.05, 3.63) is 29.8 Å². The number of carbonyl (C=O) groups is 1. The molecule has 1 aromatic rings. The Balaban J connectivity index is 2.47. The minimum absolute atomic E-state index is 0.0128. The maximum absolute atomic E-state index is 11.3. The van der Waals surface area contributed by atoms with Gasteiger partial charge >= 0.3 is 0 Å². The van der Waals surface area contributed by atoms with E-state index in [1.54, 1.807) is 11.8 Å². The van der Waals surface area contributed by atoms with E-state index in [0.717, 1.165) is 11.3 Å². The Morgan fingerprint density at radius 1 is 1.42 bits per heavy atom. The van der Waals surface area contributed by atoms with Crippen LogP contribution in [0.3, 0.4) is 0 Å². The summed E-state index contributed by atoms with van der Waals surface area (Å²) in [7, 11) is 0. The number of carbonyl (C=O) groups excluding carboxylic acids is 1. The number of anilines is 1. The molecule has 0 bridgehead atoms. The highest BCUT2D eigenvalue weighted by Gasteiger charge is 2.28. The van der Waals surface area contributed by atoms with Gasteiger partial charge in [-0.05, 0) is 17.9 Å². The van der Waals surface area contributed by atoms with E-state index in [0.29, 0.717) is 0 Å². The van der Waals surface area contributed by atoms with Crippen LogP contribution in [0, 0.1) is 0 Å². The molecule has 1 N–H and O–H groups in total. The number of hydrogen-bond acceptors (Lipinski definition) is 2. The first kappa shape index (κ1) is 7.68. The third-order valence-electron chi connectivity index (χ3n) is 1.97. The van der Waals surface area contributed by atoms with E-state index in [-0.39, 0.29) is 11.2 Å². The summed E-state index contributed by atoms with van der Waals surface area (Å²) < 4.78 is 0. The maximum Gasteiger partial charge on any atom is 0.242 e. The fraction of sp³-hybridized carbons (Fsp3) is 0.222. The summed E-state index contributed by atoms with van der Waals surface area (Å²) in [5.41, 5.74) is 2.07. The highest BCUT2D eigenvalue weighted by molar-refractivity contribution is 7.99. The fourth-order valence-corrected chi connectivity index (χ4v) is 2.15. The smallest absolute Gasteiger partial charge is 0.242 e. The molecule has 62 valence electrons. The van der Waals surface area contributed by atoms with Crippen LogP contribution in [-0.2, 0) is 4.79 Å². The molecule has 0 spiro atoms. The van der Waals surface area contributed by atoms with Crippen LogP contribution >= 0.6 is 11.8 Å². The molecule has 2 nitrogen and oxygen atoms in total. The van der Waals surface area contributed by atoms with E-state index >= 15 is 0 Å². The third kappa shape index (κ3) is 1.01. The normalized spacial score (nSPS) is 20.4. The van der Waals surface area contributed by atoms with E-state index < -0.39 is 0 Å². The van der Waals surface area contributed by atoms with Crippen molar-refractivity contribution in [2.75, 3.05) is 11.6 Å². The van der Waals surface area contributed by atoms with Crippen molar-refractivity contribution in [1.82, 2.24) is 0 Å². The highest BCUT2D eigenvalue weighted by atomic mass is 32.2. The molecular formula is C9H9NOS. The molecular weight excluding hydrogens is 170 g/mol. The number of nitrogens with one attached hydrogen (secondary N) is 1. The summed E-state index contributed by atoms with van der Waals surface area (Å²) in [5.74, 6) is 0.101. The first-order valence-electron chi connectivity index (χ1n) is 3.75. The lowest BCUT2D eigenvalue weighted by Crippen LogP contribution is -2.08. The van der Waals surface area contributed by atoms with Crippen LogP contribution in [-0.4, -0.2) is 12.2 Å². The van der Waals surface area contributed by atoms with Crippen molar-refractivity contribution in [1.29, 1.82) is 0 Å². The lowest BCUT2D eigenvalue weighted by atomic mass is 10.2. The second kappa shape index (κ2) is 2.83. The van der Waals surface area contributed by atoms with Gasteiger partial charge in [0.1, 0.15) is 5.25 Å². The van der Waals surface area contributed by atoms with Crippen molar-refractivity contribution in [3.63, 3.8) is 0 Å². The zero-order valence-corrected chi connectivity index (χ0v) is 7.52. The second-order valence-electron chi connectivity index (χ2n) is 2.69. The lowest BCUT2D eigenvalue weighted by Gasteiger charge is -2.02. The number of amides is 1. The van der Waals surface area contributed by atoms with Crippen molar-refractivity contribution >= 4 is 23.4 Å². The van der Waals surface area contributed by atoms with Crippen LogP contribution in [0.1, 0.15) is 10.8 Å². The molecule has 1 aliphatic heterocycles. The Bertz CT molecular complexity index is 324. The van der Waals surface area contributed by atoms with E-state index in [4.69, 9.17) is 0 Å². The summed E-state index contributed by atoms with van der Waals surface area (Å²) >= 11 is 1.57. The predicted molar refractivity (Wildman–Crippen MR) is 51.3 cm³/mol. The van der Waals surface area contributed by atoms with E-state index in [9.17, 15) is 4.79 Å². The summed E-state index contributed by atoms with van der Waals surface area (Å²) in [6.07, 6.45) is 1.95. The van der Waals surface area contributed by atoms with Crippen LogP contribution in [0.15, 0.2) is 24.3 Å². The Morgan fingerprint density at radius 2 is 2.17 bits per heavy atom. The Hall–Kier alpha value is -0.960.